The number of hydrogen-bond donors (Lipinski definition) is 0. The van der Waals surface area contributed by atoms with Gasteiger partial charge in [0.2, 0.25) is 0 Å². The van der Waals surface area contributed by atoms with E-state index < -0.39 is 5.97 Å². The average molecular weight is 315 g/mol. The van der Waals surface area contributed by atoms with E-state index in [1.165, 1.54) is 23.0 Å². The van der Waals surface area contributed by atoms with E-state index in [2.05, 4.69) is 18.8 Å². The molecular weight excluding hydrogens is 298 g/mol. The Morgan fingerprint density at radius 2 is 2.00 bits per heavy atom. The number of thiazole rings is 1. The maximum absolute atomic E-state index is 12.0. The zero-order valence-corrected chi connectivity index (χ0v) is 13.3. The van der Waals surface area contributed by atoms with Crippen LogP contribution in [0.3, 0.4) is 0 Å². The third kappa shape index (κ3) is 4.63. The van der Waals surface area contributed by atoms with Crippen molar-refractivity contribution in [3.8, 4) is 0 Å². The number of Topliss-reactive ketones (excluding diaryl/α,β-unsaturated/α-hetero) is 1. The fourth-order valence-electron chi connectivity index (χ4n) is 1.78. The molecule has 1 heterocycles. The van der Waals surface area contributed by atoms with Crippen molar-refractivity contribution in [3.63, 3.8) is 0 Å². The number of nitrogens with zero attached hydrogens (tertiary/aromatic N) is 1. The lowest BCUT2D eigenvalue weighted by atomic mass is 10.0. The summed E-state index contributed by atoms with van der Waals surface area (Å²) in [5, 5.41) is 2.53. The number of benzene rings is 1. The Bertz CT molecular complexity index is 658. The van der Waals surface area contributed by atoms with Crippen LogP contribution in [0, 0.1) is 0 Å². The molecule has 0 spiro atoms. The highest BCUT2D eigenvalue weighted by molar-refractivity contribution is 7.10. The Morgan fingerprint density at radius 3 is 2.59 bits per heavy atom. The van der Waals surface area contributed by atoms with Crippen LogP contribution in [0.4, 0.5) is 0 Å². The summed E-state index contributed by atoms with van der Waals surface area (Å²) in [6.07, 6.45) is 4.49. The lowest BCUT2D eigenvalue weighted by molar-refractivity contribution is -0.136. The first-order valence-electron chi connectivity index (χ1n) is 6.93. The van der Waals surface area contributed by atoms with Gasteiger partial charge in [0.25, 0.3) is 0 Å². The topological polar surface area (TPSA) is 56.3 Å². The number of ether oxygens (including phenoxy) is 1. The van der Waals surface area contributed by atoms with Crippen LogP contribution < -0.4 is 0 Å². The van der Waals surface area contributed by atoms with Crippen LogP contribution >= 0.6 is 11.3 Å². The lowest BCUT2D eigenvalue weighted by Crippen LogP contribution is -2.12. The molecule has 0 atom stereocenters. The molecule has 0 aliphatic heterocycles. The first-order chi connectivity index (χ1) is 10.6. The van der Waals surface area contributed by atoms with Crippen molar-refractivity contribution in [1.29, 1.82) is 0 Å². The normalized spacial score (nSPS) is 11.0. The maximum atomic E-state index is 12.0. The molecule has 0 unspecified atom stereocenters. The van der Waals surface area contributed by atoms with Crippen LogP contribution in [-0.4, -0.2) is 23.3 Å². The molecule has 0 saturated carbocycles. The van der Waals surface area contributed by atoms with Crippen molar-refractivity contribution >= 4 is 29.2 Å². The predicted molar refractivity (Wildman–Crippen MR) is 87.0 cm³/mol. The molecule has 0 amide bonds. The maximum Gasteiger partial charge on any atom is 0.331 e. The molecule has 2 aromatic rings. The Morgan fingerprint density at radius 1 is 1.27 bits per heavy atom. The molecule has 0 fully saturated rings. The molecule has 4 nitrogen and oxygen atoms in total. The molecule has 0 bridgehead atoms. The quantitative estimate of drug-likeness (QED) is 0.463. The van der Waals surface area contributed by atoms with E-state index in [9.17, 15) is 9.59 Å². The third-order valence-electron chi connectivity index (χ3n) is 3.06. The molecule has 0 radical (unpaired) electrons. The molecular formula is C17H17NO3S. The molecule has 0 N–H and O–H groups in total. The van der Waals surface area contributed by atoms with Crippen molar-refractivity contribution in [2.75, 3.05) is 6.61 Å². The molecule has 1 aromatic heterocycles. The van der Waals surface area contributed by atoms with Crippen LogP contribution in [0.25, 0.3) is 6.08 Å². The van der Waals surface area contributed by atoms with Crippen molar-refractivity contribution in [2.24, 2.45) is 0 Å². The van der Waals surface area contributed by atoms with Gasteiger partial charge in [0.1, 0.15) is 5.01 Å². The van der Waals surface area contributed by atoms with Gasteiger partial charge in [-0.3, -0.25) is 4.79 Å². The van der Waals surface area contributed by atoms with Gasteiger partial charge in [-0.1, -0.05) is 38.1 Å². The summed E-state index contributed by atoms with van der Waals surface area (Å²) in [6.45, 7) is 3.92. The summed E-state index contributed by atoms with van der Waals surface area (Å²) in [6, 6.07) is 7.36. The van der Waals surface area contributed by atoms with E-state index in [0.29, 0.717) is 16.5 Å². The van der Waals surface area contributed by atoms with Gasteiger partial charge < -0.3 is 4.74 Å². The van der Waals surface area contributed by atoms with Crippen molar-refractivity contribution in [2.45, 2.75) is 19.8 Å². The SMILES string of the molecule is CC(C)c1ccc(C(=O)COC(=O)/C=C/c2nccs2)cc1. The second-order valence-electron chi connectivity index (χ2n) is 5.01. The van der Waals surface area contributed by atoms with Crippen molar-refractivity contribution in [3.05, 3.63) is 58.1 Å². The van der Waals surface area contributed by atoms with Gasteiger partial charge in [-0.2, -0.15) is 0 Å². The van der Waals surface area contributed by atoms with Crippen molar-refractivity contribution in [1.82, 2.24) is 4.98 Å². The number of esters is 1. The van der Waals surface area contributed by atoms with Crippen LogP contribution in [0.1, 0.15) is 40.7 Å². The highest BCUT2D eigenvalue weighted by Gasteiger charge is 2.09. The van der Waals surface area contributed by atoms with Crippen LogP contribution in [0.2, 0.25) is 0 Å². The van der Waals surface area contributed by atoms with Crippen LogP contribution in [0.5, 0.6) is 0 Å². The lowest BCUT2D eigenvalue weighted by Gasteiger charge is -2.06. The van der Waals surface area contributed by atoms with Gasteiger partial charge in [0.05, 0.1) is 0 Å². The van der Waals surface area contributed by atoms with Gasteiger partial charge in [0, 0.05) is 23.2 Å². The smallest absolute Gasteiger partial charge is 0.331 e. The Balaban J connectivity index is 1.85. The standard InChI is InChI=1S/C17H17NO3S/c1-12(2)13-3-5-14(6-4-13)15(19)11-21-17(20)8-7-16-18-9-10-22-16/h3-10,12H,11H2,1-2H3/b8-7+. The third-order valence-corrected chi connectivity index (χ3v) is 3.80. The van der Waals surface area contributed by atoms with E-state index in [-0.39, 0.29) is 12.4 Å². The minimum atomic E-state index is -0.553. The van der Waals surface area contributed by atoms with E-state index in [1.54, 1.807) is 24.4 Å². The van der Waals surface area contributed by atoms with Gasteiger partial charge in [-0.15, -0.1) is 11.3 Å². The molecule has 1 aromatic carbocycles. The number of hydrogen-bond acceptors (Lipinski definition) is 5. The highest BCUT2D eigenvalue weighted by Crippen LogP contribution is 2.15. The summed E-state index contributed by atoms with van der Waals surface area (Å²) in [5.74, 6) is -0.355. The number of carbonyl (C=O) groups excluding carboxylic acids is 2. The zero-order chi connectivity index (χ0) is 15.9. The van der Waals surface area contributed by atoms with E-state index in [4.69, 9.17) is 4.74 Å². The predicted octanol–water partition coefficient (Wildman–Crippen LogP) is 3.71. The minimum Gasteiger partial charge on any atom is -0.454 e. The Kier molecular flexibility index (Phi) is 5.61. The van der Waals surface area contributed by atoms with E-state index in [0.717, 1.165) is 0 Å². The van der Waals surface area contributed by atoms with E-state index >= 15 is 0 Å². The molecule has 0 saturated heterocycles. The fraction of sp³-hybridized carbons (Fsp3) is 0.235. The highest BCUT2D eigenvalue weighted by atomic mass is 32.1. The Labute approximate surface area is 133 Å². The molecule has 0 aliphatic rings. The number of rotatable bonds is 6. The second-order valence-corrected chi connectivity index (χ2v) is 5.94. The molecule has 22 heavy (non-hydrogen) atoms. The van der Waals surface area contributed by atoms with Gasteiger partial charge in [0.15, 0.2) is 12.4 Å². The zero-order valence-electron chi connectivity index (χ0n) is 12.5. The van der Waals surface area contributed by atoms with E-state index in [1.807, 2.05) is 17.5 Å². The van der Waals surface area contributed by atoms with Crippen molar-refractivity contribution < 1.29 is 14.3 Å². The van der Waals surface area contributed by atoms with Gasteiger partial charge >= 0.3 is 5.97 Å². The minimum absolute atomic E-state index is 0.216. The first kappa shape index (κ1) is 16.1. The molecule has 5 heteroatoms. The largest absolute Gasteiger partial charge is 0.454 e. The molecule has 0 aliphatic carbocycles. The number of carbonyl (C=O) groups is 2. The summed E-state index contributed by atoms with van der Waals surface area (Å²) in [5.41, 5.74) is 1.71. The molecule has 114 valence electrons. The average Bonchev–Trinajstić information content (AvgIpc) is 3.04. The number of aromatic nitrogens is 1. The van der Waals surface area contributed by atoms with Gasteiger partial charge in [-0.05, 0) is 17.6 Å². The van der Waals surface area contributed by atoms with Crippen LogP contribution in [0.15, 0.2) is 41.9 Å². The summed E-state index contributed by atoms with van der Waals surface area (Å²) >= 11 is 1.42. The Hall–Kier alpha value is -2.27. The summed E-state index contributed by atoms with van der Waals surface area (Å²) in [7, 11) is 0. The monoisotopic (exact) mass is 315 g/mol. The van der Waals surface area contributed by atoms with Crippen LogP contribution in [-0.2, 0) is 9.53 Å². The fourth-order valence-corrected chi connectivity index (χ4v) is 2.31. The second kappa shape index (κ2) is 7.66. The first-order valence-corrected chi connectivity index (χ1v) is 7.81. The summed E-state index contributed by atoms with van der Waals surface area (Å²) in [4.78, 5) is 27.5. The molecule has 2 rings (SSSR count). The number of ketones is 1. The van der Waals surface area contributed by atoms with Gasteiger partial charge in [-0.25, -0.2) is 9.78 Å². The summed E-state index contributed by atoms with van der Waals surface area (Å²) < 4.78 is 4.94.